The lowest BCUT2D eigenvalue weighted by molar-refractivity contribution is 0.475. The zero-order valence-electron chi connectivity index (χ0n) is 19.0. The lowest BCUT2D eigenvalue weighted by Crippen LogP contribution is -2.29. The monoisotopic (exact) mass is 487 g/mol. The number of nitrogens with zero attached hydrogens (tertiary/aromatic N) is 5. The summed E-state index contributed by atoms with van der Waals surface area (Å²) < 4.78 is 3.18. The number of anilines is 2. The first kappa shape index (κ1) is 22.4. The van der Waals surface area contributed by atoms with Gasteiger partial charge in [-0.05, 0) is 61.4 Å². The number of aromatic nitrogens is 5. The van der Waals surface area contributed by atoms with Crippen molar-refractivity contribution in [1.29, 1.82) is 0 Å². The molecule has 9 nitrogen and oxygen atoms in total. The highest BCUT2D eigenvalue weighted by atomic mass is 35.5. The molecule has 3 aromatic heterocycles. The minimum absolute atomic E-state index is 0.0113. The van der Waals surface area contributed by atoms with Gasteiger partial charge in [-0.15, -0.1) is 0 Å². The SMILES string of the molecule is Cc1ccn2nc(C(C)Nc3ncnc(N)c3-c3cc(O)cc(Cl)c3)n(-c3ccccc3)c(=O)c12. The summed E-state index contributed by atoms with van der Waals surface area (Å²) in [6.07, 6.45) is 3.11. The second-order valence-electron chi connectivity index (χ2n) is 8.17. The Hall–Kier alpha value is -4.37. The van der Waals surface area contributed by atoms with Crippen molar-refractivity contribution in [3.8, 4) is 22.6 Å². The Morgan fingerprint density at radius 3 is 2.63 bits per heavy atom. The second-order valence-corrected chi connectivity index (χ2v) is 8.61. The highest BCUT2D eigenvalue weighted by Gasteiger charge is 2.22. The van der Waals surface area contributed by atoms with Crippen LogP contribution in [0.1, 0.15) is 24.4 Å². The molecule has 0 fully saturated rings. The van der Waals surface area contributed by atoms with E-state index >= 15 is 0 Å². The molecule has 4 N–H and O–H groups in total. The number of benzene rings is 2. The van der Waals surface area contributed by atoms with Gasteiger partial charge in [0.15, 0.2) is 5.82 Å². The molecule has 0 aliphatic carbocycles. The van der Waals surface area contributed by atoms with E-state index in [4.69, 9.17) is 22.4 Å². The Bertz CT molecular complexity index is 1590. The Morgan fingerprint density at radius 1 is 1.11 bits per heavy atom. The molecule has 5 rings (SSSR count). The quantitative estimate of drug-likeness (QED) is 0.336. The van der Waals surface area contributed by atoms with Gasteiger partial charge in [0.1, 0.15) is 29.2 Å². The van der Waals surface area contributed by atoms with Crippen LogP contribution in [0.2, 0.25) is 5.02 Å². The number of hydrogen-bond acceptors (Lipinski definition) is 7. The fourth-order valence-corrected chi connectivity index (χ4v) is 4.35. The van der Waals surface area contributed by atoms with Crippen molar-refractivity contribution in [2.45, 2.75) is 19.9 Å². The maximum atomic E-state index is 13.6. The van der Waals surface area contributed by atoms with Gasteiger partial charge >= 0.3 is 0 Å². The molecule has 5 aromatic rings. The molecule has 0 amide bonds. The number of nitrogens with one attached hydrogen (secondary N) is 1. The summed E-state index contributed by atoms with van der Waals surface area (Å²) in [4.78, 5) is 22.1. The van der Waals surface area contributed by atoms with Crippen LogP contribution in [-0.2, 0) is 0 Å². The van der Waals surface area contributed by atoms with Crippen LogP contribution in [0.25, 0.3) is 22.3 Å². The average Bonchev–Trinajstić information content (AvgIpc) is 3.20. The maximum absolute atomic E-state index is 13.6. The molecule has 0 radical (unpaired) electrons. The number of hydrogen-bond donors (Lipinski definition) is 3. The number of phenols is 1. The third-order valence-corrected chi connectivity index (χ3v) is 5.93. The van der Waals surface area contributed by atoms with E-state index in [1.807, 2.05) is 50.2 Å². The summed E-state index contributed by atoms with van der Waals surface area (Å²) in [5.41, 5.74) is 9.08. The summed E-state index contributed by atoms with van der Waals surface area (Å²) in [5, 5.41) is 18.5. The van der Waals surface area contributed by atoms with Gasteiger partial charge in [-0.2, -0.15) is 5.10 Å². The van der Waals surface area contributed by atoms with Crippen LogP contribution in [0.4, 0.5) is 11.6 Å². The molecule has 0 saturated heterocycles. The molecule has 35 heavy (non-hydrogen) atoms. The largest absolute Gasteiger partial charge is 0.508 e. The van der Waals surface area contributed by atoms with E-state index in [1.165, 1.54) is 18.5 Å². The molecule has 3 heterocycles. The first-order valence-electron chi connectivity index (χ1n) is 10.9. The van der Waals surface area contributed by atoms with Gasteiger partial charge < -0.3 is 16.2 Å². The third kappa shape index (κ3) is 4.06. The van der Waals surface area contributed by atoms with Crippen molar-refractivity contribution in [2.75, 3.05) is 11.1 Å². The predicted molar refractivity (Wildman–Crippen MR) is 136 cm³/mol. The van der Waals surface area contributed by atoms with Gasteiger partial charge in [0.25, 0.3) is 5.56 Å². The second kappa shape index (κ2) is 8.77. The number of para-hydroxylation sites is 1. The molecular formula is C25H22ClN7O2. The maximum Gasteiger partial charge on any atom is 0.282 e. The standard InChI is InChI=1S/C25H22ClN7O2/c1-14-8-9-32-21(14)25(35)33(18-6-4-3-5-7-18)24(31-32)15(2)30-23-20(22(27)28-13-29-23)16-10-17(26)12-19(34)11-16/h3-13,15,34H,1-2H3,(H3,27,28,29,30). The Labute approximate surface area is 205 Å². The van der Waals surface area contributed by atoms with Crippen LogP contribution in [-0.4, -0.2) is 29.3 Å². The molecule has 2 aromatic carbocycles. The summed E-state index contributed by atoms with van der Waals surface area (Å²) in [5.74, 6) is 1.08. The number of nitrogens with two attached hydrogens (primary N) is 1. The minimum atomic E-state index is -0.476. The molecule has 0 bridgehead atoms. The summed E-state index contributed by atoms with van der Waals surface area (Å²) in [6, 6.07) is 15.3. The van der Waals surface area contributed by atoms with Crippen molar-refractivity contribution in [3.05, 3.63) is 93.9 Å². The third-order valence-electron chi connectivity index (χ3n) is 5.72. The number of aromatic hydroxyl groups is 1. The zero-order valence-corrected chi connectivity index (χ0v) is 19.7. The number of phenolic OH excluding ortho intramolecular Hbond substituents is 1. The Morgan fingerprint density at radius 2 is 1.89 bits per heavy atom. The average molecular weight is 488 g/mol. The van der Waals surface area contributed by atoms with E-state index in [0.717, 1.165) is 5.56 Å². The molecule has 0 aliphatic heterocycles. The smallest absolute Gasteiger partial charge is 0.282 e. The van der Waals surface area contributed by atoms with Crippen molar-refractivity contribution in [1.82, 2.24) is 24.1 Å². The first-order valence-corrected chi connectivity index (χ1v) is 11.2. The molecule has 0 spiro atoms. The summed E-state index contributed by atoms with van der Waals surface area (Å²) in [7, 11) is 0. The number of aryl methyl sites for hydroxylation is 1. The summed E-state index contributed by atoms with van der Waals surface area (Å²) in [6.45, 7) is 3.76. The van der Waals surface area contributed by atoms with Crippen molar-refractivity contribution in [3.63, 3.8) is 0 Å². The number of nitrogen functional groups attached to an aromatic ring is 1. The summed E-state index contributed by atoms with van der Waals surface area (Å²) >= 11 is 6.16. The van der Waals surface area contributed by atoms with Crippen LogP contribution in [0.5, 0.6) is 5.75 Å². The van der Waals surface area contributed by atoms with Gasteiger partial charge in [0, 0.05) is 11.2 Å². The molecule has 0 saturated carbocycles. The number of halogens is 1. The molecule has 176 valence electrons. The van der Waals surface area contributed by atoms with E-state index < -0.39 is 6.04 Å². The van der Waals surface area contributed by atoms with E-state index in [2.05, 4.69) is 15.3 Å². The fraction of sp³-hybridized carbons (Fsp3) is 0.120. The predicted octanol–water partition coefficient (Wildman–Crippen LogP) is 4.36. The number of fused-ring (bicyclic) bond motifs is 1. The van der Waals surface area contributed by atoms with Gasteiger partial charge in [-0.3, -0.25) is 9.36 Å². The van der Waals surface area contributed by atoms with Crippen molar-refractivity contribution < 1.29 is 5.11 Å². The van der Waals surface area contributed by atoms with Gasteiger partial charge in [0.05, 0.1) is 17.3 Å². The molecular weight excluding hydrogens is 466 g/mol. The normalized spacial score (nSPS) is 12.1. The van der Waals surface area contributed by atoms with Gasteiger partial charge in [-0.1, -0.05) is 29.8 Å². The highest BCUT2D eigenvalue weighted by Crippen LogP contribution is 2.36. The molecule has 1 atom stereocenters. The molecule has 10 heteroatoms. The van der Waals surface area contributed by atoms with Crippen LogP contribution in [0.15, 0.2) is 71.9 Å². The van der Waals surface area contributed by atoms with Crippen LogP contribution >= 0.6 is 11.6 Å². The van der Waals surface area contributed by atoms with Gasteiger partial charge in [-0.25, -0.2) is 14.5 Å². The van der Waals surface area contributed by atoms with Crippen LogP contribution in [0.3, 0.4) is 0 Å². The van der Waals surface area contributed by atoms with Crippen LogP contribution < -0.4 is 16.6 Å². The Kier molecular flexibility index (Phi) is 5.62. The zero-order chi connectivity index (χ0) is 24.7. The topological polar surface area (TPSA) is 123 Å². The minimum Gasteiger partial charge on any atom is -0.508 e. The lowest BCUT2D eigenvalue weighted by atomic mass is 10.1. The van der Waals surface area contributed by atoms with Crippen molar-refractivity contribution >= 4 is 28.8 Å². The number of rotatable bonds is 5. The molecule has 0 aliphatic rings. The van der Waals surface area contributed by atoms with E-state index in [9.17, 15) is 9.90 Å². The molecule has 1 unspecified atom stereocenters. The van der Waals surface area contributed by atoms with Crippen molar-refractivity contribution in [2.24, 2.45) is 0 Å². The van der Waals surface area contributed by atoms with E-state index in [0.29, 0.717) is 39.0 Å². The van der Waals surface area contributed by atoms with Gasteiger partial charge in [0.2, 0.25) is 0 Å². The Balaban J connectivity index is 1.66. The lowest BCUT2D eigenvalue weighted by Gasteiger charge is -2.21. The van der Waals surface area contributed by atoms with Crippen LogP contribution in [0, 0.1) is 6.92 Å². The van der Waals surface area contributed by atoms with E-state index in [1.54, 1.807) is 21.3 Å². The first-order chi connectivity index (χ1) is 16.8. The highest BCUT2D eigenvalue weighted by molar-refractivity contribution is 6.31. The van der Waals surface area contributed by atoms with E-state index in [-0.39, 0.29) is 17.1 Å². The fourth-order valence-electron chi connectivity index (χ4n) is 4.12.